The van der Waals surface area contributed by atoms with Crippen LogP contribution in [0.25, 0.3) is 0 Å². The monoisotopic (exact) mass is 437 g/mol. The maximum Gasteiger partial charge on any atom is 0.292 e. The minimum atomic E-state index is -0.535. The van der Waals surface area contributed by atoms with Gasteiger partial charge in [0.2, 0.25) is 5.91 Å². The zero-order valence-electron chi connectivity index (χ0n) is 14.0. The summed E-state index contributed by atoms with van der Waals surface area (Å²) in [6.45, 7) is 1.87. The molecule has 0 aromatic heterocycles. The molecule has 0 aliphatic rings. The van der Waals surface area contributed by atoms with E-state index < -0.39 is 4.92 Å². The van der Waals surface area contributed by atoms with Crippen LogP contribution in [0.2, 0.25) is 0 Å². The van der Waals surface area contributed by atoms with Crippen LogP contribution >= 0.6 is 28.1 Å². The van der Waals surface area contributed by atoms with Crippen molar-refractivity contribution < 1.29 is 14.5 Å². The Hall–Kier alpha value is -2.52. The number of hydrogen-bond donors (Lipinski definition) is 2. The first-order valence-electron chi connectivity index (χ1n) is 7.49. The number of nitrogens with zero attached hydrogens (tertiary/aromatic N) is 1. The predicted octanol–water partition coefficient (Wildman–Crippen LogP) is 4.19. The van der Waals surface area contributed by atoms with E-state index in [9.17, 15) is 14.9 Å². The number of ether oxygens (including phenoxy) is 1. The predicted molar refractivity (Wildman–Crippen MR) is 108 cm³/mol. The first-order valence-corrected chi connectivity index (χ1v) is 8.69. The van der Waals surface area contributed by atoms with Crippen molar-refractivity contribution in [2.75, 3.05) is 17.7 Å². The van der Waals surface area contributed by atoms with Crippen LogP contribution in [-0.2, 0) is 16.0 Å². The van der Waals surface area contributed by atoms with E-state index in [1.54, 1.807) is 12.1 Å². The molecule has 0 fully saturated rings. The van der Waals surface area contributed by atoms with Gasteiger partial charge in [-0.3, -0.25) is 14.9 Å². The maximum atomic E-state index is 12.4. The quantitative estimate of drug-likeness (QED) is 0.413. The zero-order valence-corrected chi connectivity index (χ0v) is 16.4. The van der Waals surface area contributed by atoms with Crippen molar-refractivity contribution in [3.63, 3.8) is 0 Å². The summed E-state index contributed by atoms with van der Waals surface area (Å²) < 4.78 is 5.61. The number of rotatable bonds is 5. The van der Waals surface area contributed by atoms with Crippen molar-refractivity contribution in [2.45, 2.75) is 13.3 Å². The lowest BCUT2D eigenvalue weighted by molar-refractivity contribution is -0.383. The summed E-state index contributed by atoms with van der Waals surface area (Å²) in [7, 11) is 1.46. The number of anilines is 2. The van der Waals surface area contributed by atoms with Crippen molar-refractivity contribution in [3.05, 3.63) is 62.1 Å². The SMILES string of the molecule is COC(=S)Nc1ccc(C)c(CC(=O)Nc2ccccc2[N+](=O)[O-])c1Br. The number of nitrogens with one attached hydrogen (secondary N) is 2. The van der Waals surface area contributed by atoms with Gasteiger partial charge in [0.15, 0.2) is 0 Å². The van der Waals surface area contributed by atoms with E-state index in [1.807, 2.05) is 19.1 Å². The third-order valence-corrected chi connectivity index (χ3v) is 4.79. The molecule has 7 nitrogen and oxygen atoms in total. The van der Waals surface area contributed by atoms with Crippen molar-refractivity contribution >= 4 is 56.3 Å². The summed E-state index contributed by atoms with van der Waals surface area (Å²) in [5.41, 5.74) is 2.30. The Kier molecular flexibility index (Phi) is 6.64. The van der Waals surface area contributed by atoms with Crippen molar-refractivity contribution in [2.24, 2.45) is 0 Å². The highest BCUT2D eigenvalue weighted by molar-refractivity contribution is 9.10. The van der Waals surface area contributed by atoms with Crippen LogP contribution in [0.5, 0.6) is 0 Å². The number of carbonyl (C=O) groups excluding carboxylic acids is 1. The molecule has 0 aliphatic heterocycles. The number of nitro benzene ring substituents is 1. The Morgan fingerprint density at radius 1 is 1.23 bits per heavy atom. The molecule has 2 aromatic rings. The second kappa shape index (κ2) is 8.72. The van der Waals surface area contributed by atoms with Gasteiger partial charge in [0, 0.05) is 10.5 Å². The van der Waals surface area contributed by atoms with Gasteiger partial charge in [0.25, 0.3) is 10.9 Å². The van der Waals surface area contributed by atoms with Gasteiger partial charge in [-0.2, -0.15) is 0 Å². The van der Waals surface area contributed by atoms with Gasteiger partial charge >= 0.3 is 0 Å². The molecule has 0 radical (unpaired) electrons. The molecule has 2 aromatic carbocycles. The van der Waals surface area contributed by atoms with E-state index in [-0.39, 0.29) is 28.9 Å². The number of halogens is 1. The zero-order chi connectivity index (χ0) is 19.3. The van der Waals surface area contributed by atoms with Gasteiger partial charge in [-0.25, -0.2) is 0 Å². The summed E-state index contributed by atoms with van der Waals surface area (Å²) in [6.07, 6.45) is 0.0354. The topological polar surface area (TPSA) is 93.5 Å². The van der Waals surface area contributed by atoms with Crippen molar-refractivity contribution in [1.29, 1.82) is 0 Å². The largest absolute Gasteiger partial charge is 0.474 e. The molecular weight excluding hydrogens is 422 g/mol. The fraction of sp³-hybridized carbons (Fsp3) is 0.176. The Bertz CT molecular complexity index is 873. The van der Waals surface area contributed by atoms with Gasteiger partial charge in [0.1, 0.15) is 5.69 Å². The number of methoxy groups -OCH3 is 1. The summed E-state index contributed by atoms with van der Waals surface area (Å²) in [4.78, 5) is 23.0. The summed E-state index contributed by atoms with van der Waals surface area (Å²) >= 11 is 8.46. The molecule has 0 spiro atoms. The van der Waals surface area contributed by atoms with E-state index in [2.05, 4.69) is 26.6 Å². The minimum Gasteiger partial charge on any atom is -0.474 e. The lowest BCUT2D eigenvalue weighted by atomic mass is 10.0. The number of aryl methyl sites for hydroxylation is 1. The molecule has 0 unspecified atom stereocenters. The third-order valence-electron chi connectivity index (χ3n) is 3.61. The van der Waals surface area contributed by atoms with Gasteiger partial charge in [-0.1, -0.05) is 18.2 Å². The average Bonchev–Trinajstić information content (AvgIpc) is 2.61. The second-order valence-corrected chi connectivity index (χ2v) is 6.50. The van der Waals surface area contributed by atoms with Crippen LogP contribution in [0, 0.1) is 17.0 Å². The second-order valence-electron chi connectivity index (χ2n) is 5.34. The fourth-order valence-corrected chi connectivity index (χ4v) is 3.08. The van der Waals surface area contributed by atoms with E-state index in [0.29, 0.717) is 10.2 Å². The summed E-state index contributed by atoms with van der Waals surface area (Å²) in [5.74, 6) is -0.366. The van der Waals surface area contributed by atoms with Gasteiger partial charge < -0.3 is 15.4 Å². The highest BCUT2D eigenvalue weighted by Gasteiger charge is 2.17. The molecule has 9 heteroatoms. The van der Waals surface area contributed by atoms with Crippen molar-refractivity contribution in [1.82, 2.24) is 0 Å². The van der Waals surface area contributed by atoms with Gasteiger partial charge in [-0.15, -0.1) is 0 Å². The van der Waals surface area contributed by atoms with Crippen LogP contribution in [0.3, 0.4) is 0 Å². The Morgan fingerprint density at radius 3 is 2.58 bits per heavy atom. The molecule has 0 saturated heterocycles. The molecule has 0 aliphatic carbocycles. The lowest BCUT2D eigenvalue weighted by Gasteiger charge is -2.14. The molecule has 26 heavy (non-hydrogen) atoms. The van der Waals surface area contributed by atoms with E-state index in [1.165, 1.54) is 19.2 Å². The van der Waals surface area contributed by atoms with Crippen LogP contribution in [0.4, 0.5) is 17.1 Å². The number of nitro groups is 1. The maximum absolute atomic E-state index is 12.4. The van der Waals surface area contributed by atoms with Crippen LogP contribution < -0.4 is 10.6 Å². The smallest absolute Gasteiger partial charge is 0.292 e. The third kappa shape index (κ3) is 4.77. The standard InChI is InChI=1S/C17H16BrN3O4S/c1-10-7-8-13(20-17(26)25-2)16(18)11(10)9-15(22)19-12-5-3-4-6-14(12)21(23)24/h3-8H,9H2,1-2H3,(H,19,22)(H,20,26). The molecule has 0 bridgehead atoms. The lowest BCUT2D eigenvalue weighted by Crippen LogP contribution is -2.17. The summed E-state index contributed by atoms with van der Waals surface area (Å²) in [6, 6.07) is 9.66. The fourth-order valence-electron chi connectivity index (χ4n) is 2.29. The number of benzene rings is 2. The molecule has 0 saturated carbocycles. The molecule has 2 N–H and O–H groups in total. The molecule has 1 amide bonds. The Labute approximate surface area is 164 Å². The van der Waals surface area contributed by atoms with E-state index >= 15 is 0 Å². The van der Waals surface area contributed by atoms with Gasteiger partial charge in [0.05, 0.1) is 24.1 Å². The van der Waals surface area contributed by atoms with Crippen LogP contribution in [-0.4, -0.2) is 23.1 Å². The number of carbonyl (C=O) groups is 1. The molecule has 2 rings (SSSR count). The highest BCUT2D eigenvalue weighted by atomic mass is 79.9. The van der Waals surface area contributed by atoms with Crippen LogP contribution in [0.1, 0.15) is 11.1 Å². The molecule has 0 heterocycles. The van der Waals surface area contributed by atoms with Crippen molar-refractivity contribution in [3.8, 4) is 0 Å². The Morgan fingerprint density at radius 2 is 1.92 bits per heavy atom. The van der Waals surface area contributed by atoms with Gasteiger partial charge in [-0.05, 0) is 58.3 Å². The van der Waals surface area contributed by atoms with E-state index in [4.69, 9.17) is 17.0 Å². The van der Waals surface area contributed by atoms with Crippen LogP contribution in [0.15, 0.2) is 40.9 Å². The summed E-state index contributed by atoms with van der Waals surface area (Å²) in [5, 5.41) is 16.8. The van der Waals surface area contributed by atoms with E-state index in [0.717, 1.165) is 11.1 Å². The minimum absolute atomic E-state index is 0.0354. The normalized spacial score (nSPS) is 10.1. The average molecular weight is 438 g/mol. The first-order chi connectivity index (χ1) is 12.3. The number of hydrogen-bond acceptors (Lipinski definition) is 5. The Balaban J connectivity index is 2.23. The number of thiocarbonyl (C=S) groups is 1. The first kappa shape index (κ1) is 19.8. The molecule has 0 atom stereocenters. The number of para-hydroxylation sites is 2. The molecular formula is C17H16BrN3O4S. The highest BCUT2D eigenvalue weighted by Crippen LogP contribution is 2.30. The molecule has 136 valence electrons. The number of amides is 1.